The SMILES string of the molecule is O=C(OCC1c2ccccc2-c2ccccc21)N1CCNCC1c1cn[nH]n1. The Morgan fingerprint density at radius 2 is 1.82 bits per heavy atom. The highest BCUT2D eigenvalue weighted by molar-refractivity contribution is 5.79. The molecular formula is C21H21N5O2. The minimum atomic E-state index is -0.309. The van der Waals surface area contributed by atoms with Crippen molar-refractivity contribution in [1.29, 1.82) is 0 Å². The molecule has 2 N–H and O–H groups in total. The fraction of sp³-hybridized carbons (Fsp3) is 0.286. The van der Waals surface area contributed by atoms with Gasteiger partial charge in [0.2, 0.25) is 0 Å². The number of carbonyl (C=O) groups excluding carboxylic acids is 1. The number of nitrogens with one attached hydrogen (secondary N) is 2. The molecule has 0 bridgehead atoms. The fourth-order valence-electron chi connectivity index (χ4n) is 4.24. The van der Waals surface area contributed by atoms with Crippen molar-refractivity contribution in [2.45, 2.75) is 12.0 Å². The van der Waals surface area contributed by atoms with Crippen LogP contribution < -0.4 is 5.32 Å². The normalized spacial score (nSPS) is 18.6. The van der Waals surface area contributed by atoms with Crippen LogP contribution in [-0.2, 0) is 4.74 Å². The number of hydrogen-bond acceptors (Lipinski definition) is 5. The molecular weight excluding hydrogens is 354 g/mol. The van der Waals surface area contributed by atoms with E-state index in [1.807, 2.05) is 24.3 Å². The van der Waals surface area contributed by atoms with Crippen LogP contribution in [0.4, 0.5) is 4.79 Å². The second-order valence-corrected chi connectivity index (χ2v) is 7.11. The second-order valence-electron chi connectivity index (χ2n) is 7.11. The molecule has 1 aliphatic carbocycles. The van der Waals surface area contributed by atoms with E-state index in [0.29, 0.717) is 19.7 Å². The monoisotopic (exact) mass is 375 g/mol. The summed E-state index contributed by atoms with van der Waals surface area (Å²) in [7, 11) is 0. The Kier molecular flexibility index (Phi) is 4.29. The number of carbonyl (C=O) groups is 1. The Morgan fingerprint density at radius 1 is 1.11 bits per heavy atom. The van der Waals surface area contributed by atoms with E-state index < -0.39 is 0 Å². The van der Waals surface area contributed by atoms with Crippen LogP contribution in [0.5, 0.6) is 0 Å². The van der Waals surface area contributed by atoms with E-state index >= 15 is 0 Å². The van der Waals surface area contributed by atoms with Gasteiger partial charge in [-0.05, 0) is 22.3 Å². The summed E-state index contributed by atoms with van der Waals surface area (Å²) in [6.07, 6.45) is 1.35. The van der Waals surface area contributed by atoms with Gasteiger partial charge in [0, 0.05) is 25.6 Å². The summed E-state index contributed by atoms with van der Waals surface area (Å²) in [5.74, 6) is 0.0600. The lowest BCUT2D eigenvalue weighted by Gasteiger charge is -2.34. The number of H-pyrrole nitrogens is 1. The lowest BCUT2D eigenvalue weighted by molar-refractivity contribution is 0.0743. The third-order valence-corrected chi connectivity index (χ3v) is 5.59. The Labute approximate surface area is 162 Å². The predicted molar refractivity (Wildman–Crippen MR) is 104 cm³/mol. The quantitative estimate of drug-likeness (QED) is 0.735. The zero-order valence-electron chi connectivity index (χ0n) is 15.3. The van der Waals surface area contributed by atoms with Crippen LogP contribution in [0.15, 0.2) is 54.7 Å². The van der Waals surface area contributed by atoms with Crippen LogP contribution in [0.2, 0.25) is 0 Å². The van der Waals surface area contributed by atoms with Gasteiger partial charge in [-0.25, -0.2) is 4.79 Å². The highest BCUT2D eigenvalue weighted by Crippen LogP contribution is 2.44. The van der Waals surface area contributed by atoms with Crippen LogP contribution in [0.3, 0.4) is 0 Å². The van der Waals surface area contributed by atoms with Gasteiger partial charge in [-0.1, -0.05) is 48.5 Å². The van der Waals surface area contributed by atoms with Crippen molar-refractivity contribution in [2.24, 2.45) is 0 Å². The summed E-state index contributed by atoms with van der Waals surface area (Å²) in [4.78, 5) is 14.6. The number of hydrogen-bond donors (Lipinski definition) is 2. The largest absolute Gasteiger partial charge is 0.448 e. The number of nitrogens with zero attached hydrogens (tertiary/aromatic N) is 3. The molecule has 7 nitrogen and oxygen atoms in total. The van der Waals surface area contributed by atoms with Crippen molar-refractivity contribution < 1.29 is 9.53 Å². The molecule has 1 unspecified atom stereocenters. The zero-order chi connectivity index (χ0) is 18.9. The molecule has 1 saturated heterocycles. The molecule has 5 rings (SSSR count). The molecule has 1 aliphatic heterocycles. The number of amides is 1. The maximum absolute atomic E-state index is 12.9. The van der Waals surface area contributed by atoms with E-state index in [2.05, 4.69) is 45.0 Å². The van der Waals surface area contributed by atoms with E-state index in [1.165, 1.54) is 22.3 Å². The van der Waals surface area contributed by atoms with Gasteiger partial charge in [0.25, 0.3) is 0 Å². The molecule has 2 heterocycles. The molecule has 1 fully saturated rings. The molecule has 7 heteroatoms. The maximum atomic E-state index is 12.9. The van der Waals surface area contributed by atoms with Crippen molar-refractivity contribution in [3.05, 3.63) is 71.5 Å². The molecule has 142 valence electrons. The van der Waals surface area contributed by atoms with E-state index in [-0.39, 0.29) is 18.1 Å². The molecule has 2 aromatic carbocycles. The van der Waals surface area contributed by atoms with Gasteiger partial charge in [0.05, 0.1) is 12.2 Å². The van der Waals surface area contributed by atoms with Crippen molar-refractivity contribution in [2.75, 3.05) is 26.2 Å². The van der Waals surface area contributed by atoms with Crippen LogP contribution in [0, 0.1) is 0 Å². The lowest BCUT2D eigenvalue weighted by Crippen LogP contribution is -2.49. The Bertz CT molecular complexity index is 942. The van der Waals surface area contributed by atoms with Crippen LogP contribution in [0.25, 0.3) is 11.1 Å². The molecule has 3 aromatic rings. The molecule has 1 aromatic heterocycles. The Morgan fingerprint density at radius 3 is 2.50 bits per heavy atom. The number of fused-ring (bicyclic) bond motifs is 3. The summed E-state index contributed by atoms with van der Waals surface area (Å²) in [5, 5.41) is 13.9. The van der Waals surface area contributed by atoms with Crippen LogP contribution >= 0.6 is 0 Å². The Hall–Kier alpha value is -3.19. The molecule has 1 atom stereocenters. The zero-order valence-corrected chi connectivity index (χ0v) is 15.3. The lowest BCUT2D eigenvalue weighted by atomic mass is 9.98. The number of piperazine rings is 1. The van der Waals surface area contributed by atoms with E-state index in [0.717, 1.165) is 12.2 Å². The summed E-state index contributed by atoms with van der Waals surface area (Å²) in [5.41, 5.74) is 5.61. The first-order chi connectivity index (χ1) is 13.8. The Balaban J connectivity index is 1.35. The first-order valence-electron chi connectivity index (χ1n) is 9.51. The molecule has 0 radical (unpaired) electrons. The maximum Gasteiger partial charge on any atom is 0.410 e. The minimum absolute atomic E-state index is 0.0600. The first-order valence-corrected chi connectivity index (χ1v) is 9.51. The fourth-order valence-corrected chi connectivity index (χ4v) is 4.24. The first kappa shape index (κ1) is 16.9. The number of rotatable bonds is 3. The molecule has 0 saturated carbocycles. The van der Waals surface area contributed by atoms with Crippen molar-refractivity contribution in [3.8, 4) is 11.1 Å². The van der Waals surface area contributed by atoms with Crippen LogP contribution in [-0.4, -0.2) is 52.6 Å². The minimum Gasteiger partial charge on any atom is -0.448 e. The molecule has 2 aliphatic rings. The average molecular weight is 375 g/mol. The van der Waals surface area contributed by atoms with Gasteiger partial charge in [-0.2, -0.15) is 15.4 Å². The van der Waals surface area contributed by atoms with Crippen molar-refractivity contribution in [3.63, 3.8) is 0 Å². The van der Waals surface area contributed by atoms with E-state index in [4.69, 9.17) is 4.74 Å². The van der Waals surface area contributed by atoms with Crippen molar-refractivity contribution >= 4 is 6.09 Å². The van der Waals surface area contributed by atoms with E-state index in [1.54, 1.807) is 11.1 Å². The summed E-state index contributed by atoms with van der Waals surface area (Å²) in [6.45, 7) is 2.27. The number of benzene rings is 2. The van der Waals surface area contributed by atoms with Gasteiger partial charge < -0.3 is 10.1 Å². The van der Waals surface area contributed by atoms with Crippen LogP contribution in [0.1, 0.15) is 28.8 Å². The molecule has 0 spiro atoms. The topological polar surface area (TPSA) is 83.1 Å². The number of aromatic amines is 1. The highest BCUT2D eigenvalue weighted by Gasteiger charge is 2.33. The van der Waals surface area contributed by atoms with Gasteiger partial charge >= 0.3 is 6.09 Å². The third kappa shape index (κ3) is 2.84. The number of aromatic nitrogens is 3. The standard InChI is InChI=1S/C21H21N5O2/c27-21(26-10-9-22-12-20(26)19-11-23-25-24-19)28-13-18-16-7-3-1-5-14(16)15-6-2-4-8-17(15)18/h1-8,11,18,20,22H,9-10,12-13H2,(H,23,24,25). The third-order valence-electron chi connectivity index (χ3n) is 5.59. The summed E-state index contributed by atoms with van der Waals surface area (Å²) in [6, 6.07) is 16.5. The number of ether oxygens (including phenoxy) is 1. The van der Waals surface area contributed by atoms with Gasteiger partial charge in [0.1, 0.15) is 12.3 Å². The second kappa shape index (κ2) is 7.09. The van der Waals surface area contributed by atoms with Gasteiger partial charge in [0.15, 0.2) is 0 Å². The summed E-state index contributed by atoms with van der Waals surface area (Å²) < 4.78 is 5.81. The van der Waals surface area contributed by atoms with Gasteiger partial charge in [-0.15, -0.1) is 0 Å². The average Bonchev–Trinajstić information content (AvgIpc) is 3.39. The molecule has 1 amide bonds. The molecule has 28 heavy (non-hydrogen) atoms. The van der Waals surface area contributed by atoms with Gasteiger partial charge in [-0.3, -0.25) is 4.90 Å². The highest BCUT2D eigenvalue weighted by atomic mass is 16.6. The van der Waals surface area contributed by atoms with E-state index in [9.17, 15) is 4.79 Å². The van der Waals surface area contributed by atoms with Crippen molar-refractivity contribution in [1.82, 2.24) is 25.6 Å². The predicted octanol–water partition coefficient (Wildman–Crippen LogP) is 2.70. The smallest absolute Gasteiger partial charge is 0.410 e. The summed E-state index contributed by atoms with van der Waals surface area (Å²) >= 11 is 0.